The Hall–Kier alpha value is -3.47. The quantitative estimate of drug-likeness (QED) is 0.561. The maximum absolute atomic E-state index is 11.0. The fourth-order valence-electron chi connectivity index (χ4n) is 3.27. The van der Waals surface area contributed by atoms with E-state index < -0.39 is 0 Å². The van der Waals surface area contributed by atoms with Gasteiger partial charge in [0, 0.05) is 29.5 Å². The van der Waals surface area contributed by atoms with Crippen LogP contribution in [0.1, 0.15) is 28.3 Å². The lowest BCUT2D eigenvalue weighted by molar-refractivity contribution is 0.471. The highest BCUT2D eigenvalue weighted by Gasteiger charge is 2.22. The number of rotatable bonds is 4. The van der Waals surface area contributed by atoms with Gasteiger partial charge in [0.25, 0.3) is 0 Å². The maximum atomic E-state index is 11.0. The van der Waals surface area contributed by atoms with Crippen LogP contribution in [0.15, 0.2) is 67.1 Å². The van der Waals surface area contributed by atoms with Crippen molar-refractivity contribution in [1.82, 2.24) is 15.0 Å². The summed E-state index contributed by atoms with van der Waals surface area (Å²) in [5, 5.41) is 15.2. The molecule has 0 aliphatic carbocycles. The number of aromatic hydroxyl groups is 1. The summed E-state index contributed by atoms with van der Waals surface area (Å²) in [4.78, 5) is 12.9. The van der Waals surface area contributed by atoms with Gasteiger partial charge in [-0.2, -0.15) is 0 Å². The smallest absolute Gasteiger partial charge is 0.223 e. The molecule has 134 valence electrons. The summed E-state index contributed by atoms with van der Waals surface area (Å²) in [6.07, 6.45) is 5.07. The standard InChI is InChI=1S/C22H20N4O/c1-14-6-7-15(2)18(13-14)20(26-22-24-11-4-12-25-22)17-9-8-16-5-3-10-23-19(16)21(17)27/h3-13,20,27H,1-2H3,(H,24,25,26)/t20-/m0/s1. The van der Waals surface area contributed by atoms with Crippen LogP contribution in [-0.4, -0.2) is 20.1 Å². The molecule has 0 aliphatic heterocycles. The molecule has 0 spiro atoms. The van der Waals surface area contributed by atoms with Crippen LogP contribution >= 0.6 is 0 Å². The topological polar surface area (TPSA) is 70.9 Å². The maximum Gasteiger partial charge on any atom is 0.223 e. The Bertz CT molecular complexity index is 1100. The third-order valence-corrected chi connectivity index (χ3v) is 4.68. The van der Waals surface area contributed by atoms with Crippen LogP contribution in [0.2, 0.25) is 0 Å². The number of hydrogen-bond acceptors (Lipinski definition) is 5. The van der Waals surface area contributed by atoms with Crippen LogP contribution in [0.25, 0.3) is 10.9 Å². The number of anilines is 1. The number of aromatic nitrogens is 3. The predicted molar refractivity (Wildman–Crippen MR) is 107 cm³/mol. The summed E-state index contributed by atoms with van der Waals surface area (Å²) < 4.78 is 0. The van der Waals surface area contributed by atoms with Gasteiger partial charge in [-0.3, -0.25) is 4.98 Å². The average Bonchev–Trinajstić information content (AvgIpc) is 2.70. The lowest BCUT2D eigenvalue weighted by Crippen LogP contribution is -2.16. The van der Waals surface area contributed by atoms with Gasteiger partial charge in [0.15, 0.2) is 0 Å². The summed E-state index contributed by atoms with van der Waals surface area (Å²) in [6.45, 7) is 4.12. The Morgan fingerprint density at radius 1 is 0.852 bits per heavy atom. The lowest BCUT2D eigenvalue weighted by Gasteiger charge is -2.23. The van der Waals surface area contributed by atoms with Gasteiger partial charge in [-0.25, -0.2) is 9.97 Å². The van der Waals surface area contributed by atoms with Crippen molar-refractivity contribution < 1.29 is 5.11 Å². The summed E-state index contributed by atoms with van der Waals surface area (Å²) in [5.74, 6) is 0.673. The first-order valence-electron chi connectivity index (χ1n) is 8.81. The van der Waals surface area contributed by atoms with Crippen molar-refractivity contribution in [3.05, 3.63) is 89.4 Å². The Balaban J connectivity index is 1.90. The summed E-state index contributed by atoms with van der Waals surface area (Å²) in [7, 11) is 0. The van der Waals surface area contributed by atoms with Crippen molar-refractivity contribution in [2.24, 2.45) is 0 Å². The van der Waals surface area contributed by atoms with Gasteiger partial charge in [-0.1, -0.05) is 42.0 Å². The SMILES string of the molecule is Cc1ccc(C)c([C@@H](Nc2ncccn2)c2ccc3cccnc3c2O)c1. The van der Waals surface area contributed by atoms with Crippen LogP contribution in [-0.2, 0) is 0 Å². The van der Waals surface area contributed by atoms with Crippen molar-refractivity contribution in [3.8, 4) is 5.75 Å². The first kappa shape index (κ1) is 17.0. The minimum absolute atomic E-state index is 0.169. The van der Waals surface area contributed by atoms with E-state index in [0.717, 1.165) is 27.6 Å². The van der Waals surface area contributed by atoms with Crippen molar-refractivity contribution in [3.63, 3.8) is 0 Å². The van der Waals surface area contributed by atoms with E-state index >= 15 is 0 Å². The lowest BCUT2D eigenvalue weighted by atomic mass is 9.92. The molecule has 2 aromatic carbocycles. The number of fused-ring (bicyclic) bond motifs is 1. The Morgan fingerprint density at radius 2 is 1.63 bits per heavy atom. The molecule has 0 bridgehead atoms. The summed E-state index contributed by atoms with van der Waals surface area (Å²) in [6, 6.07) is 15.5. The van der Waals surface area contributed by atoms with Crippen molar-refractivity contribution >= 4 is 16.9 Å². The zero-order chi connectivity index (χ0) is 18.8. The second-order valence-corrected chi connectivity index (χ2v) is 6.59. The first-order chi connectivity index (χ1) is 13.1. The van der Waals surface area contributed by atoms with E-state index in [2.05, 4.69) is 52.3 Å². The number of pyridine rings is 1. The van der Waals surface area contributed by atoms with Gasteiger partial charge in [-0.15, -0.1) is 0 Å². The molecule has 2 N–H and O–H groups in total. The Kier molecular flexibility index (Phi) is 4.42. The third-order valence-electron chi connectivity index (χ3n) is 4.68. The zero-order valence-corrected chi connectivity index (χ0v) is 15.2. The summed E-state index contributed by atoms with van der Waals surface area (Å²) in [5.41, 5.74) is 4.65. The fourth-order valence-corrected chi connectivity index (χ4v) is 3.27. The molecular weight excluding hydrogens is 336 g/mol. The van der Waals surface area contributed by atoms with E-state index in [1.165, 1.54) is 0 Å². The van der Waals surface area contributed by atoms with Crippen LogP contribution < -0.4 is 5.32 Å². The van der Waals surface area contributed by atoms with E-state index in [0.29, 0.717) is 11.5 Å². The average molecular weight is 356 g/mol. The molecule has 0 radical (unpaired) electrons. The van der Waals surface area contributed by atoms with E-state index in [9.17, 15) is 5.11 Å². The van der Waals surface area contributed by atoms with Crippen molar-refractivity contribution in [2.75, 3.05) is 5.32 Å². The molecule has 4 rings (SSSR count). The molecule has 2 aromatic heterocycles. The molecule has 0 amide bonds. The molecule has 5 nitrogen and oxygen atoms in total. The number of phenols is 1. The van der Waals surface area contributed by atoms with E-state index in [-0.39, 0.29) is 11.8 Å². The Morgan fingerprint density at radius 3 is 2.44 bits per heavy atom. The summed E-state index contributed by atoms with van der Waals surface area (Å²) >= 11 is 0. The highest BCUT2D eigenvalue weighted by Crippen LogP contribution is 2.37. The van der Waals surface area contributed by atoms with E-state index in [1.54, 1.807) is 24.7 Å². The second-order valence-electron chi connectivity index (χ2n) is 6.59. The van der Waals surface area contributed by atoms with Crippen LogP contribution in [0.5, 0.6) is 5.75 Å². The molecule has 0 unspecified atom stereocenters. The normalized spacial score (nSPS) is 12.1. The van der Waals surface area contributed by atoms with Crippen LogP contribution in [0, 0.1) is 13.8 Å². The molecule has 1 atom stereocenters. The predicted octanol–water partition coefficient (Wildman–Crippen LogP) is 4.55. The molecule has 0 saturated heterocycles. The van der Waals surface area contributed by atoms with Crippen molar-refractivity contribution in [1.29, 1.82) is 0 Å². The largest absolute Gasteiger partial charge is 0.505 e. The second kappa shape index (κ2) is 7.03. The van der Waals surface area contributed by atoms with E-state index in [4.69, 9.17) is 0 Å². The molecule has 5 heteroatoms. The van der Waals surface area contributed by atoms with Gasteiger partial charge in [0.2, 0.25) is 5.95 Å². The van der Waals surface area contributed by atoms with Crippen LogP contribution in [0.3, 0.4) is 0 Å². The zero-order valence-electron chi connectivity index (χ0n) is 15.2. The Labute approximate surface area is 157 Å². The molecule has 2 heterocycles. The first-order valence-corrected chi connectivity index (χ1v) is 8.81. The minimum atomic E-state index is -0.307. The van der Waals surface area contributed by atoms with Gasteiger partial charge in [0.05, 0.1) is 6.04 Å². The molecule has 0 aliphatic rings. The van der Waals surface area contributed by atoms with Gasteiger partial charge in [-0.05, 0) is 37.1 Å². The number of hydrogen-bond donors (Lipinski definition) is 2. The van der Waals surface area contributed by atoms with Crippen molar-refractivity contribution in [2.45, 2.75) is 19.9 Å². The molecule has 4 aromatic rings. The van der Waals surface area contributed by atoms with Gasteiger partial charge in [0.1, 0.15) is 11.3 Å². The monoisotopic (exact) mass is 356 g/mol. The molecular formula is C22H20N4O. The highest BCUT2D eigenvalue weighted by atomic mass is 16.3. The molecule has 0 fully saturated rings. The highest BCUT2D eigenvalue weighted by molar-refractivity contribution is 5.86. The minimum Gasteiger partial charge on any atom is -0.505 e. The number of nitrogens with zero attached hydrogens (tertiary/aromatic N) is 3. The number of benzene rings is 2. The van der Waals surface area contributed by atoms with E-state index in [1.807, 2.05) is 24.3 Å². The molecule has 27 heavy (non-hydrogen) atoms. The molecule has 0 saturated carbocycles. The third kappa shape index (κ3) is 3.31. The van der Waals surface area contributed by atoms with Gasteiger partial charge >= 0.3 is 0 Å². The fraction of sp³-hybridized carbons (Fsp3) is 0.136. The number of aryl methyl sites for hydroxylation is 2. The van der Waals surface area contributed by atoms with Crippen LogP contribution in [0.4, 0.5) is 5.95 Å². The van der Waals surface area contributed by atoms with Gasteiger partial charge < -0.3 is 10.4 Å². The number of phenolic OH excluding ortho intramolecular Hbond substituents is 1. The number of nitrogens with one attached hydrogen (secondary N) is 1.